The Morgan fingerprint density at radius 1 is 1.04 bits per heavy atom. The van der Waals surface area contributed by atoms with Gasteiger partial charge in [-0.05, 0) is 79.7 Å². The molecule has 0 radical (unpaired) electrons. The lowest BCUT2D eigenvalue weighted by Gasteiger charge is -2.41. The first-order valence-corrected chi connectivity index (χ1v) is 10.7. The second-order valence-electron chi connectivity index (χ2n) is 8.80. The fourth-order valence-corrected chi connectivity index (χ4v) is 5.41. The Labute approximate surface area is 166 Å². The van der Waals surface area contributed by atoms with Gasteiger partial charge >= 0.3 is 0 Å². The maximum Gasteiger partial charge on any atom is 0.137 e. The molecule has 4 rings (SSSR count). The summed E-state index contributed by atoms with van der Waals surface area (Å²) in [6, 6.07) is 6.77. The number of rotatable bonds is 4. The van der Waals surface area contributed by atoms with Gasteiger partial charge in [0.05, 0.1) is 5.39 Å². The summed E-state index contributed by atoms with van der Waals surface area (Å²) < 4.78 is 35.6. The van der Waals surface area contributed by atoms with Crippen LogP contribution >= 0.6 is 0 Å². The first-order valence-electron chi connectivity index (χ1n) is 10.7. The number of allylic oxidation sites excluding steroid dienone is 1. The Hall–Kier alpha value is -1.90. The maximum absolute atomic E-state index is 15.3. The van der Waals surface area contributed by atoms with Crippen molar-refractivity contribution >= 4 is 10.8 Å². The fourth-order valence-electron chi connectivity index (χ4n) is 5.41. The topological polar surface area (TPSA) is 9.23 Å². The van der Waals surface area contributed by atoms with Gasteiger partial charge in [-0.3, -0.25) is 0 Å². The molecule has 0 N–H and O–H groups in total. The first-order chi connectivity index (χ1) is 13.6. The van der Waals surface area contributed by atoms with E-state index in [2.05, 4.69) is 6.92 Å². The number of hydrogen-bond acceptors (Lipinski definition) is 1. The lowest BCUT2D eigenvalue weighted by Crippen LogP contribution is -2.29. The number of benzene rings is 2. The van der Waals surface area contributed by atoms with Gasteiger partial charge in [-0.1, -0.05) is 37.6 Å². The van der Waals surface area contributed by atoms with E-state index in [1.807, 2.05) is 31.2 Å². The van der Waals surface area contributed by atoms with Gasteiger partial charge < -0.3 is 4.74 Å². The van der Waals surface area contributed by atoms with E-state index in [0.717, 1.165) is 24.7 Å². The van der Waals surface area contributed by atoms with Gasteiger partial charge in [0.2, 0.25) is 0 Å². The molecule has 0 saturated heterocycles. The minimum atomic E-state index is -0.535. The standard InChI is InChI=1S/C25H30F2O/c1-3-4-11-28-21-14-20-9-10-22(25(27)24(20)23(26)15-21)19-8-7-17-12-16(2)5-6-18(17)13-19/h3-4,9-10,14-19H,5-8,11-13H2,1-2H3/b4-3+. The largest absolute Gasteiger partial charge is 0.489 e. The molecule has 2 aliphatic carbocycles. The van der Waals surface area contributed by atoms with Gasteiger partial charge in [-0.2, -0.15) is 0 Å². The molecule has 150 valence electrons. The van der Waals surface area contributed by atoms with Crippen LogP contribution in [0.1, 0.15) is 63.9 Å². The van der Waals surface area contributed by atoms with E-state index in [9.17, 15) is 4.39 Å². The third kappa shape index (κ3) is 3.81. The molecule has 2 fully saturated rings. The second kappa shape index (κ2) is 8.23. The number of halogens is 2. The van der Waals surface area contributed by atoms with Crippen LogP contribution in [-0.4, -0.2) is 6.61 Å². The number of hydrogen-bond donors (Lipinski definition) is 0. The van der Waals surface area contributed by atoms with Crippen LogP contribution < -0.4 is 4.74 Å². The molecular weight excluding hydrogens is 354 g/mol. The van der Waals surface area contributed by atoms with E-state index in [1.165, 1.54) is 31.7 Å². The summed E-state index contributed by atoms with van der Waals surface area (Å²) in [7, 11) is 0. The molecule has 0 amide bonds. The van der Waals surface area contributed by atoms with Crippen molar-refractivity contribution in [3.8, 4) is 5.75 Å². The highest BCUT2D eigenvalue weighted by Gasteiger charge is 2.35. The SMILES string of the molecule is C/C=C/COc1cc(F)c2c(F)c(C3CCC4CC(C)CCC4C3)ccc2c1. The molecule has 0 bridgehead atoms. The molecule has 28 heavy (non-hydrogen) atoms. The van der Waals surface area contributed by atoms with Crippen LogP contribution in [0.3, 0.4) is 0 Å². The quantitative estimate of drug-likeness (QED) is 0.499. The Bertz CT molecular complexity index is 872. The third-order valence-electron chi connectivity index (χ3n) is 6.91. The maximum atomic E-state index is 15.3. The van der Waals surface area contributed by atoms with E-state index >= 15 is 4.39 Å². The van der Waals surface area contributed by atoms with Crippen molar-refractivity contribution < 1.29 is 13.5 Å². The Balaban J connectivity index is 1.59. The zero-order chi connectivity index (χ0) is 19.7. The zero-order valence-corrected chi connectivity index (χ0v) is 16.9. The highest BCUT2D eigenvalue weighted by atomic mass is 19.1. The monoisotopic (exact) mass is 384 g/mol. The van der Waals surface area contributed by atoms with Crippen LogP contribution in [0.15, 0.2) is 36.4 Å². The summed E-state index contributed by atoms with van der Waals surface area (Å²) in [4.78, 5) is 0. The molecule has 0 aliphatic heterocycles. The van der Waals surface area contributed by atoms with E-state index in [0.29, 0.717) is 29.2 Å². The van der Waals surface area contributed by atoms with Crippen LogP contribution in [0.25, 0.3) is 10.8 Å². The van der Waals surface area contributed by atoms with Crippen LogP contribution in [0, 0.1) is 29.4 Å². The van der Waals surface area contributed by atoms with E-state index in [-0.39, 0.29) is 17.1 Å². The van der Waals surface area contributed by atoms with Gasteiger partial charge in [0.15, 0.2) is 0 Å². The predicted molar refractivity (Wildman–Crippen MR) is 111 cm³/mol. The highest BCUT2D eigenvalue weighted by Crippen LogP contribution is 2.48. The average molecular weight is 385 g/mol. The molecule has 0 spiro atoms. The third-order valence-corrected chi connectivity index (χ3v) is 6.91. The van der Waals surface area contributed by atoms with E-state index in [4.69, 9.17) is 4.74 Å². The van der Waals surface area contributed by atoms with Crippen LogP contribution in [0.2, 0.25) is 0 Å². The minimum Gasteiger partial charge on any atom is -0.489 e. The predicted octanol–water partition coefficient (Wildman–Crippen LogP) is 7.39. The van der Waals surface area contributed by atoms with Crippen molar-refractivity contribution in [1.29, 1.82) is 0 Å². The molecule has 3 heteroatoms. The Morgan fingerprint density at radius 3 is 2.64 bits per heavy atom. The normalized spacial score (nSPS) is 27.9. The van der Waals surface area contributed by atoms with Gasteiger partial charge in [-0.15, -0.1) is 0 Å². The Kier molecular flexibility index (Phi) is 5.70. The summed E-state index contributed by atoms with van der Waals surface area (Å²) in [5.41, 5.74) is 0.700. The van der Waals surface area contributed by atoms with Crippen molar-refractivity contribution in [3.63, 3.8) is 0 Å². The van der Waals surface area contributed by atoms with Gasteiger partial charge in [0.1, 0.15) is 24.0 Å². The van der Waals surface area contributed by atoms with Gasteiger partial charge in [0.25, 0.3) is 0 Å². The molecule has 0 aromatic heterocycles. The van der Waals surface area contributed by atoms with Crippen LogP contribution in [-0.2, 0) is 0 Å². The lowest BCUT2D eigenvalue weighted by atomic mass is 9.64. The van der Waals surface area contributed by atoms with E-state index < -0.39 is 5.82 Å². The smallest absolute Gasteiger partial charge is 0.137 e. The molecular formula is C25H30F2O. The number of ether oxygens (including phenoxy) is 1. The second-order valence-corrected chi connectivity index (χ2v) is 8.80. The van der Waals surface area contributed by atoms with Crippen molar-refractivity contribution in [2.24, 2.45) is 17.8 Å². The van der Waals surface area contributed by atoms with Crippen LogP contribution in [0.4, 0.5) is 8.78 Å². The molecule has 2 saturated carbocycles. The van der Waals surface area contributed by atoms with Gasteiger partial charge in [-0.25, -0.2) is 8.78 Å². The van der Waals surface area contributed by atoms with Crippen molar-refractivity contribution in [1.82, 2.24) is 0 Å². The lowest BCUT2D eigenvalue weighted by molar-refractivity contribution is 0.124. The molecule has 4 unspecified atom stereocenters. The summed E-state index contributed by atoms with van der Waals surface area (Å²) in [6.45, 7) is 4.64. The summed E-state index contributed by atoms with van der Waals surface area (Å²) in [5.74, 6) is 2.08. The zero-order valence-electron chi connectivity index (χ0n) is 16.9. The molecule has 1 nitrogen and oxygen atoms in total. The molecule has 4 atom stereocenters. The molecule has 2 aromatic rings. The molecule has 2 aliphatic rings. The minimum absolute atomic E-state index is 0.107. The first kappa shape index (κ1) is 19.4. The Morgan fingerprint density at radius 2 is 1.82 bits per heavy atom. The summed E-state index contributed by atoms with van der Waals surface area (Å²) >= 11 is 0. The van der Waals surface area contributed by atoms with Gasteiger partial charge in [0, 0.05) is 6.07 Å². The van der Waals surface area contributed by atoms with Crippen molar-refractivity contribution in [2.75, 3.05) is 6.61 Å². The summed E-state index contributed by atoms with van der Waals surface area (Å²) in [5, 5.41) is 0.673. The molecule has 2 aromatic carbocycles. The highest BCUT2D eigenvalue weighted by molar-refractivity contribution is 5.86. The van der Waals surface area contributed by atoms with E-state index in [1.54, 1.807) is 6.07 Å². The average Bonchev–Trinajstić information content (AvgIpc) is 2.68. The van der Waals surface area contributed by atoms with Crippen LogP contribution in [0.5, 0.6) is 5.75 Å². The van der Waals surface area contributed by atoms with Crippen molar-refractivity contribution in [2.45, 2.75) is 58.3 Å². The fraction of sp³-hybridized carbons (Fsp3) is 0.520. The summed E-state index contributed by atoms with van der Waals surface area (Å²) in [6.07, 6.45) is 10.9. The molecule has 0 heterocycles. The number of fused-ring (bicyclic) bond motifs is 2. The van der Waals surface area contributed by atoms with Crippen molar-refractivity contribution in [3.05, 3.63) is 53.6 Å².